The molecular formula is C9H9BrN2O3. The summed E-state index contributed by atoms with van der Waals surface area (Å²) in [5.74, 6) is -1.69. The van der Waals surface area contributed by atoms with Gasteiger partial charge in [-0.1, -0.05) is 15.9 Å². The van der Waals surface area contributed by atoms with E-state index in [1.807, 2.05) is 0 Å². The summed E-state index contributed by atoms with van der Waals surface area (Å²) < 4.78 is 5.10. The number of hydrogen-bond donors (Lipinski definition) is 1. The Labute approximate surface area is 95.0 Å². The molecule has 0 unspecified atom stereocenters. The van der Waals surface area contributed by atoms with E-state index in [0.717, 1.165) is 11.6 Å². The number of carbonyl (C=O) groups excluding carboxylic acids is 2. The molecule has 1 aromatic rings. The second kappa shape index (κ2) is 5.45. The number of aromatic nitrogens is 1. The molecule has 0 aromatic carbocycles. The maximum absolute atomic E-state index is 11.0. The van der Waals surface area contributed by atoms with E-state index >= 15 is 0 Å². The molecule has 1 heterocycles. The van der Waals surface area contributed by atoms with Crippen molar-refractivity contribution in [2.24, 2.45) is 0 Å². The van der Waals surface area contributed by atoms with Gasteiger partial charge in [0, 0.05) is 10.7 Å². The highest BCUT2D eigenvalue weighted by molar-refractivity contribution is 9.10. The summed E-state index contributed by atoms with van der Waals surface area (Å²) in [6.07, 6.45) is 1.60. The number of halogens is 1. The molecule has 0 saturated heterocycles. The maximum Gasteiger partial charge on any atom is 0.396 e. The summed E-state index contributed by atoms with van der Waals surface area (Å²) in [7, 11) is 1.15. The molecule has 5 nitrogen and oxygen atoms in total. The van der Waals surface area contributed by atoms with Crippen LogP contribution >= 0.6 is 15.9 Å². The molecule has 0 bridgehead atoms. The second-order valence-corrected chi connectivity index (χ2v) is 3.56. The molecule has 80 valence electrons. The van der Waals surface area contributed by atoms with Gasteiger partial charge in [-0.25, -0.2) is 4.79 Å². The lowest BCUT2D eigenvalue weighted by molar-refractivity contribution is -0.152. The van der Waals surface area contributed by atoms with E-state index < -0.39 is 11.9 Å². The van der Waals surface area contributed by atoms with Crippen LogP contribution in [0.5, 0.6) is 0 Å². The second-order valence-electron chi connectivity index (χ2n) is 2.64. The van der Waals surface area contributed by atoms with E-state index in [0.29, 0.717) is 5.69 Å². The number of amides is 1. The lowest BCUT2D eigenvalue weighted by Gasteiger charge is -2.02. The number of esters is 1. The van der Waals surface area contributed by atoms with Gasteiger partial charge >= 0.3 is 11.9 Å². The Morgan fingerprint density at radius 1 is 1.60 bits per heavy atom. The Kier molecular flexibility index (Phi) is 4.23. The number of nitrogens with zero attached hydrogens (tertiary/aromatic N) is 1. The van der Waals surface area contributed by atoms with E-state index in [-0.39, 0.29) is 6.54 Å². The fourth-order valence-corrected chi connectivity index (χ4v) is 1.26. The summed E-state index contributed by atoms with van der Waals surface area (Å²) in [4.78, 5) is 25.7. The van der Waals surface area contributed by atoms with E-state index in [4.69, 9.17) is 0 Å². The zero-order valence-electron chi connectivity index (χ0n) is 7.99. The van der Waals surface area contributed by atoms with Gasteiger partial charge in [-0.05, 0) is 12.1 Å². The van der Waals surface area contributed by atoms with Crippen molar-refractivity contribution >= 4 is 27.8 Å². The molecule has 0 radical (unpaired) electrons. The summed E-state index contributed by atoms with van der Waals surface area (Å²) >= 11 is 3.27. The lowest BCUT2D eigenvalue weighted by atomic mass is 10.3. The molecule has 1 rings (SSSR count). The number of nitrogens with one attached hydrogen (secondary N) is 1. The summed E-state index contributed by atoms with van der Waals surface area (Å²) in [5, 5.41) is 2.38. The van der Waals surface area contributed by atoms with Gasteiger partial charge in [-0.15, -0.1) is 0 Å². The smallest absolute Gasteiger partial charge is 0.396 e. The van der Waals surface area contributed by atoms with Crippen LogP contribution < -0.4 is 5.32 Å². The fraction of sp³-hybridized carbons (Fsp3) is 0.222. The summed E-state index contributed by atoms with van der Waals surface area (Å²) in [6, 6.07) is 3.52. The topological polar surface area (TPSA) is 68.3 Å². The molecule has 1 amide bonds. The van der Waals surface area contributed by atoms with E-state index in [9.17, 15) is 9.59 Å². The van der Waals surface area contributed by atoms with Crippen LogP contribution in [0.15, 0.2) is 22.8 Å². The van der Waals surface area contributed by atoms with E-state index in [2.05, 4.69) is 31.0 Å². The predicted molar refractivity (Wildman–Crippen MR) is 55.8 cm³/mol. The Balaban J connectivity index is 2.50. The molecule has 0 saturated carbocycles. The minimum absolute atomic E-state index is 0.188. The van der Waals surface area contributed by atoms with Crippen LogP contribution in [0.1, 0.15) is 5.69 Å². The number of hydrogen-bond acceptors (Lipinski definition) is 4. The van der Waals surface area contributed by atoms with Crippen LogP contribution in [0.25, 0.3) is 0 Å². The third-order valence-electron chi connectivity index (χ3n) is 1.58. The number of pyridine rings is 1. The number of ether oxygens (including phenoxy) is 1. The number of methoxy groups -OCH3 is 1. The van der Waals surface area contributed by atoms with Gasteiger partial charge in [0.25, 0.3) is 0 Å². The van der Waals surface area contributed by atoms with Gasteiger partial charge in [0.15, 0.2) is 0 Å². The highest BCUT2D eigenvalue weighted by Crippen LogP contribution is 2.08. The average Bonchev–Trinajstić information content (AvgIpc) is 2.25. The van der Waals surface area contributed by atoms with Gasteiger partial charge < -0.3 is 10.1 Å². The third kappa shape index (κ3) is 3.67. The van der Waals surface area contributed by atoms with Gasteiger partial charge in [0.05, 0.1) is 19.3 Å². The van der Waals surface area contributed by atoms with Crippen LogP contribution in [0.3, 0.4) is 0 Å². The van der Waals surface area contributed by atoms with Crippen molar-refractivity contribution in [2.75, 3.05) is 7.11 Å². The summed E-state index contributed by atoms with van der Waals surface area (Å²) in [5.41, 5.74) is 0.654. The van der Waals surface area contributed by atoms with Crippen molar-refractivity contribution in [1.29, 1.82) is 0 Å². The molecule has 1 aromatic heterocycles. The van der Waals surface area contributed by atoms with Crippen molar-refractivity contribution < 1.29 is 14.3 Å². The van der Waals surface area contributed by atoms with Gasteiger partial charge in [0.1, 0.15) is 0 Å². The van der Waals surface area contributed by atoms with E-state index in [1.165, 1.54) is 0 Å². The minimum Gasteiger partial charge on any atom is -0.462 e. The quantitative estimate of drug-likeness (QED) is 0.634. The van der Waals surface area contributed by atoms with Crippen LogP contribution in [0.4, 0.5) is 0 Å². The van der Waals surface area contributed by atoms with Gasteiger partial charge in [0.2, 0.25) is 0 Å². The highest BCUT2D eigenvalue weighted by Gasteiger charge is 2.12. The van der Waals surface area contributed by atoms with Crippen LogP contribution in [0.2, 0.25) is 0 Å². The molecule has 15 heavy (non-hydrogen) atoms. The summed E-state index contributed by atoms with van der Waals surface area (Å²) in [6.45, 7) is 0.188. The van der Waals surface area contributed by atoms with Crippen molar-refractivity contribution in [3.8, 4) is 0 Å². The van der Waals surface area contributed by atoms with Gasteiger partial charge in [-0.3, -0.25) is 9.78 Å². The molecular weight excluding hydrogens is 264 g/mol. The third-order valence-corrected chi connectivity index (χ3v) is 2.07. The average molecular weight is 273 g/mol. The lowest BCUT2D eigenvalue weighted by Crippen LogP contribution is -2.31. The number of carbonyl (C=O) groups is 2. The fourth-order valence-electron chi connectivity index (χ4n) is 0.881. The molecule has 0 aliphatic carbocycles. The van der Waals surface area contributed by atoms with Crippen LogP contribution in [0, 0.1) is 0 Å². The Morgan fingerprint density at radius 2 is 2.33 bits per heavy atom. The minimum atomic E-state index is -0.912. The first-order valence-electron chi connectivity index (χ1n) is 4.10. The van der Waals surface area contributed by atoms with Crippen LogP contribution in [-0.4, -0.2) is 24.0 Å². The largest absolute Gasteiger partial charge is 0.462 e. The predicted octanol–water partition coefficient (Wildman–Crippen LogP) is 0.633. The number of rotatable bonds is 2. The normalized spacial score (nSPS) is 9.47. The Hall–Kier alpha value is -1.43. The Bertz CT molecular complexity index is 381. The zero-order valence-corrected chi connectivity index (χ0v) is 9.58. The van der Waals surface area contributed by atoms with Crippen LogP contribution in [-0.2, 0) is 20.9 Å². The molecule has 0 aliphatic rings. The van der Waals surface area contributed by atoms with Crippen molar-refractivity contribution in [1.82, 2.24) is 10.3 Å². The molecule has 0 fully saturated rings. The monoisotopic (exact) mass is 272 g/mol. The highest BCUT2D eigenvalue weighted by atomic mass is 79.9. The van der Waals surface area contributed by atoms with Crippen molar-refractivity contribution in [3.05, 3.63) is 28.5 Å². The molecule has 0 atom stereocenters. The Morgan fingerprint density at radius 3 is 2.93 bits per heavy atom. The maximum atomic E-state index is 11.0. The molecule has 0 spiro atoms. The molecule has 6 heteroatoms. The molecule has 0 aliphatic heterocycles. The zero-order chi connectivity index (χ0) is 11.3. The van der Waals surface area contributed by atoms with Gasteiger partial charge in [-0.2, -0.15) is 0 Å². The van der Waals surface area contributed by atoms with Crippen molar-refractivity contribution in [3.63, 3.8) is 0 Å². The standard InChI is InChI=1S/C9H9BrN2O3/c1-15-9(14)8(13)12-5-7-4-6(10)2-3-11-7/h2-4H,5H2,1H3,(H,12,13). The van der Waals surface area contributed by atoms with E-state index in [1.54, 1.807) is 18.3 Å². The first kappa shape index (κ1) is 11.6. The SMILES string of the molecule is COC(=O)C(=O)NCc1cc(Br)ccn1. The molecule has 1 N–H and O–H groups in total. The first-order valence-corrected chi connectivity index (χ1v) is 4.89. The first-order chi connectivity index (χ1) is 7.13. The van der Waals surface area contributed by atoms with Crippen molar-refractivity contribution in [2.45, 2.75) is 6.54 Å².